The molecule has 0 radical (unpaired) electrons. The van der Waals surface area contributed by atoms with Crippen LogP contribution >= 0.6 is 23.1 Å². The SMILES string of the molecule is Cc1ccc(CC(C)NC(=O)NCC2(O)CCSC2)s1. The molecule has 1 aliphatic heterocycles. The Morgan fingerprint density at radius 1 is 1.55 bits per heavy atom. The number of aliphatic hydroxyl groups is 1. The molecule has 2 unspecified atom stereocenters. The second kappa shape index (κ2) is 6.83. The molecule has 1 aliphatic rings. The molecule has 0 aliphatic carbocycles. The molecule has 1 aromatic rings. The summed E-state index contributed by atoms with van der Waals surface area (Å²) < 4.78 is 0. The standard InChI is InChI=1S/C14H22N2O2S2/c1-10(7-12-4-3-11(2)20-12)16-13(17)15-8-14(18)5-6-19-9-14/h3-4,10,18H,5-9H2,1-2H3,(H2,15,16,17). The molecule has 20 heavy (non-hydrogen) atoms. The average Bonchev–Trinajstić information content (AvgIpc) is 2.97. The number of thiophene rings is 1. The van der Waals surface area contributed by atoms with Crippen molar-refractivity contribution in [3.05, 3.63) is 21.9 Å². The van der Waals surface area contributed by atoms with Gasteiger partial charge in [0.2, 0.25) is 0 Å². The van der Waals surface area contributed by atoms with Gasteiger partial charge in [-0.2, -0.15) is 11.8 Å². The lowest BCUT2D eigenvalue weighted by Gasteiger charge is -2.22. The fourth-order valence-corrected chi connectivity index (χ4v) is 4.52. The highest BCUT2D eigenvalue weighted by Crippen LogP contribution is 2.26. The maximum atomic E-state index is 11.8. The third-order valence-electron chi connectivity index (χ3n) is 3.34. The molecule has 0 bridgehead atoms. The number of thioether (sulfide) groups is 1. The number of rotatable bonds is 5. The topological polar surface area (TPSA) is 61.4 Å². The van der Waals surface area contributed by atoms with Gasteiger partial charge >= 0.3 is 6.03 Å². The molecule has 4 nitrogen and oxygen atoms in total. The first-order valence-electron chi connectivity index (χ1n) is 6.87. The molecule has 1 fully saturated rings. The van der Waals surface area contributed by atoms with Crippen molar-refractivity contribution in [2.75, 3.05) is 18.1 Å². The normalized spacial score (nSPS) is 23.6. The molecule has 0 saturated carbocycles. The number of amides is 2. The van der Waals surface area contributed by atoms with Crippen LogP contribution < -0.4 is 10.6 Å². The van der Waals surface area contributed by atoms with Gasteiger partial charge in [-0.15, -0.1) is 11.3 Å². The van der Waals surface area contributed by atoms with Crippen molar-refractivity contribution in [3.63, 3.8) is 0 Å². The summed E-state index contributed by atoms with van der Waals surface area (Å²) in [6.45, 7) is 4.41. The highest BCUT2D eigenvalue weighted by atomic mass is 32.2. The molecule has 0 spiro atoms. The third-order valence-corrected chi connectivity index (χ3v) is 5.60. The van der Waals surface area contributed by atoms with Crippen LogP contribution in [-0.4, -0.2) is 40.8 Å². The lowest BCUT2D eigenvalue weighted by molar-refractivity contribution is 0.0699. The molecule has 112 valence electrons. The van der Waals surface area contributed by atoms with Crippen LogP contribution in [0, 0.1) is 6.92 Å². The summed E-state index contributed by atoms with van der Waals surface area (Å²) in [4.78, 5) is 14.4. The smallest absolute Gasteiger partial charge is 0.315 e. The second-order valence-electron chi connectivity index (χ2n) is 5.47. The summed E-state index contributed by atoms with van der Waals surface area (Å²) >= 11 is 3.49. The average molecular weight is 314 g/mol. The lowest BCUT2D eigenvalue weighted by atomic mass is 10.0. The van der Waals surface area contributed by atoms with Gasteiger partial charge in [-0.1, -0.05) is 0 Å². The van der Waals surface area contributed by atoms with E-state index in [-0.39, 0.29) is 12.1 Å². The fourth-order valence-electron chi connectivity index (χ4n) is 2.20. The Morgan fingerprint density at radius 3 is 2.95 bits per heavy atom. The van der Waals surface area contributed by atoms with E-state index in [0.717, 1.165) is 18.6 Å². The molecule has 2 amide bonds. The highest BCUT2D eigenvalue weighted by Gasteiger charge is 2.31. The van der Waals surface area contributed by atoms with Gasteiger partial charge in [0.05, 0.1) is 5.60 Å². The van der Waals surface area contributed by atoms with E-state index in [2.05, 4.69) is 29.7 Å². The predicted molar refractivity (Wildman–Crippen MR) is 85.6 cm³/mol. The fraction of sp³-hybridized carbons (Fsp3) is 0.643. The maximum Gasteiger partial charge on any atom is 0.315 e. The monoisotopic (exact) mass is 314 g/mol. The molecule has 2 heterocycles. The first-order chi connectivity index (χ1) is 9.47. The van der Waals surface area contributed by atoms with Crippen LogP contribution in [0.25, 0.3) is 0 Å². The van der Waals surface area contributed by atoms with Gasteiger partial charge in [0.15, 0.2) is 0 Å². The van der Waals surface area contributed by atoms with E-state index < -0.39 is 5.60 Å². The van der Waals surface area contributed by atoms with Crippen molar-refractivity contribution in [1.82, 2.24) is 10.6 Å². The van der Waals surface area contributed by atoms with Crippen molar-refractivity contribution in [1.29, 1.82) is 0 Å². The summed E-state index contributed by atoms with van der Waals surface area (Å²) in [5, 5.41) is 15.8. The van der Waals surface area contributed by atoms with Crippen molar-refractivity contribution >= 4 is 29.1 Å². The Balaban J connectivity index is 1.71. The van der Waals surface area contributed by atoms with Crippen molar-refractivity contribution in [3.8, 4) is 0 Å². The molecule has 1 saturated heterocycles. The van der Waals surface area contributed by atoms with E-state index in [1.165, 1.54) is 9.75 Å². The molecule has 3 N–H and O–H groups in total. The van der Waals surface area contributed by atoms with Crippen LogP contribution in [0.5, 0.6) is 0 Å². The molecular formula is C14H22N2O2S2. The van der Waals surface area contributed by atoms with E-state index >= 15 is 0 Å². The van der Waals surface area contributed by atoms with E-state index in [0.29, 0.717) is 12.3 Å². The van der Waals surface area contributed by atoms with Crippen molar-refractivity contribution in [2.45, 2.75) is 38.3 Å². The molecular weight excluding hydrogens is 292 g/mol. The van der Waals surface area contributed by atoms with Gasteiger partial charge in [-0.3, -0.25) is 0 Å². The van der Waals surface area contributed by atoms with E-state index in [1.54, 1.807) is 23.1 Å². The molecule has 0 aromatic carbocycles. The summed E-state index contributed by atoms with van der Waals surface area (Å²) in [5.74, 6) is 1.67. The minimum atomic E-state index is -0.726. The molecule has 2 atom stereocenters. The number of carbonyl (C=O) groups is 1. The number of urea groups is 1. The largest absolute Gasteiger partial charge is 0.387 e. The summed E-state index contributed by atoms with van der Waals surface area (Å²) in [7, 11) is 0. The number of carbonyl (C=O) groups excluding carboxylic acids is 1. The Bertz CT molecular complexity index is 456. The van der Waals surface area contributed by atoms with Crippen molar-refractivity contribution in [2.24, 2.45) is 0 Å². The molecule has 6 heteroatoms. The lowest BCUT2D eigenvalue weighted by Crippen LogP contribution is -2.48. The van der Waals surface area contributed by atoms with E-state index in [9.17, 15) is 9.90 Å². The molecule has 1 aromatic heterocycles. The third kappa shape index (κ3) is 4.68. The Kier molecular flexibility index (Phi) is 5.35. The Hall–Kier alpha value is -0.720. The van der Waals surface area contributed by atoms with Gasteiger partial charge in [-0.05, 0) is 38.2 Å². The molecule has 2 rings (SSSR count). The van der Waals surface area contributed by atoms with Crippen LogP contribution in [-0.2, 0) is 6.42 Å². The zero-order chi connectivity index (χ0) is 14.6. The van der Waals surface area contributed by atoms with Crippen LogP contribution in [0.3, 0.4) is 0 Å². The first kappa shape index (κ1) is 15.7. The van der Waals surface area contributed by atoms with Crippen LogP contribution in [0.1, 0.15) is 23.1 Å². The first-order valence-corrected chi connectivity index (χ1v) is 8.84. The van der Waals surface area contributed by atoms with Crippen LogP contribution in [0.2, 0.25) is 0 Å². The minimum Gasteiger partial charge on any atom is -0.387 e. The minimum absolute atomic E-state index is 0.0839. The van der Waals surface area contributed by atoms with Gasteiger partial charge < -0.3 is 15.7 Å². The van der Waals surface area contributed by atoms with Crippen LogP contribution in [0.4, 0.5) is 4.79 Å². The van der Waals surface area contributed by atoms with Gasteiger partial charge in [0.1, 0.15) is 0 Å². The summed E-state index contributed by atoms with van der Waals surface area (Å²) in [6.07, 6.45) is 1.59. The number of hydrogen-bond acceptors (Lipinski definition) is 4. The van der Waals surface area contributed by atoms with Crippen LogP contribution in [0.15, 0.2) is 12.1 Å². The zero-order valence-corrected chi connectivity index (χ0v) is 13.6. The maximum absolute atomic E-state index is 11.8. The van der Waals surface area contributed by atoms with E-state index in [4.69, 9.17) is 0 Å². The van der Waals surface area contributed by atoms with E-state index in [1.807, 2.05) is 6.92 Å². The van der Waals surface area contributed by atoms with Gasteiger partial charge in [-0.25, -0.2) is 4.79 Å². The quantitative estimate of drug-likeness (QED) is 0.780. The number of hydrogen-bond donors (Lipinski definition) is 3. The van der Waals surface area contributed by atoms with Gasteiger partial charge in [0, 0.05) is 34.5 Å². The summed E-state index contributed by atoms with van der Waals surface area (Å²) in [6, 6.07) is 4.09. The Labute approximate surface area is 128 Å². The highest BCUT2D eigenvalue weighted by molar-refractivity contribution is 7.99. The Morgan fingerprint density at radius 2 is 2.35 bits per heavy atom. The number of aryl methyl sites for hydroxylation is 1. The predicted octanol–water partition coefficient (Wildman–Crippen LogP) is 2.15. The summed E-state index contributed by atoms with van der Waals surface area (Å²) in [5.41, 5.74) is -0.726. The number of nitrogens with one attached hydrogen (secondary N) is 2. The van der Waals surface area contributed by atoms with Gasteiger partial charge in [0.25, 0.3) is 0 Å². The second-order valence-corrected chi connectivity index (χ2v) is 7.95. The zero-order valence-electron chi connectivity index (χ0n) is 11.9. The van der Waals surface area contributed by atoms with Crippen molar-refractivity contribution < 1.29 is 9.90 Å².